The largest absolute Gasteiger partial charge is 0.481 e. The number of hydrogen-bond acceptors (Lipinski definition) is 3. The Morgan fingerprint density at radius 1 is 1.32 bits per heavy atom. The maximum atomic E-state index is 12.5. The molecule has 0 radical (unpaired) electrons. The second-order valence-electron chi connectivity index (χ2n) is 4.48. The van der Waals surface area contributed by atoms with E-state index in [2.05, 4.69) is 5.32 Å². The highest BCUT2D eigenvalue weighted by Crippen LogP contribution is 2.27. The molecule has 0 aliphatic rings. The second kappa shape index (κ2) is 7.32. The first kappa shape index (κ1) is 17.7. The summed E-state index contributed by atoms with van der Waals surface area (Å²) in [6, 6.07) is -0.121. The molecule has 0 fully saturated rings. The van der Waals surface area contributed by atoms with Gasteiger partial charge in [-0.05, 0) is 20.4 Å². The fraction of sp³-hybridized carbons (Fsp3) is 0.818. The van der Waals surface area contributed by atoms with Crippen molar-refractivity contribution in [3.05, 3.63) is 0 Å². The van der Waals surface area contributed by atoms with E-state index in [9.17, 15) is 22.8 Å². The molecule has 0 bridgehead atoms. The molecule has 19 heavy (non-hydrogen) atoms. The Kier molecular flexibility index (Phi) is 6.82. The van der Waals surface area contributed by atoms with Crippen molar-refractivity contribution in [3.8, 4) is 0 Å². The quantitative estimate of drug-likeness (QED) is 0.734. The first-order valence-corrected chi connectivity index (χ1v) is 5.89. The summed E-state index contributed by atoms with van der Waals surface area (Å²) in [7, 11) is 0. The second-order valence-corrected chi connectivity index (χ2v) is 4.48. The zero-order valence-corrected chi connectivity index (χ0v) is 11.1. The van der Waals surface area contributed by atoms with Crippen molar-refractivity contribution in [3.63, 3.8) is 0 Å². The van der Waals surface area contributed by atoms with Crippen LogP contribution in [0.15, 0.2) is 0 Å². The Labute approximate surface area is 109 Å². The Bertz CT molecular complexity index is 319. The molecule has 0 rings (SSSR count). The molecule has 0 aromatic rings. The van der Waals surface area contributed by atoms with Gasteiger partial charge in [0.05, 0.1) is 6.54 Å². The van der Waals surface area contributed by atoms with Gasteiger partial charge in [0.25, 0.3) is 0 Å². The minimum absolute atomic E-state index is 0.121. The van der Waals surface area contributed by atoms with Gasteiger partial charge in [-0.1, -0.05) is 6.92 Å². The van der Waals surface area contributed by atoms with Crippen molar-refractivity contribution in [1.29, 1.82) is 0 Å². The Hall–Kier alpha value is -1.31. The molecule has 8 heteroatoms. The van der Waals surface area contributed by atoms with Crippen LogP contribution >= 0.6 is 0 Å². The van der Waals surface area contributed by atoms with E-state index in [1.54, 1.807) is 20.8 Å². The molecule has 0 aliphatic carbocycles. The number of amides is 1. The van der Waals surface area contributed by atoms with Crippen molar-refractivity contribution < 1.29 is 27.9 Å². The highest BCUT2D eigenvalue weighted by molar-refractivity contribution is 5.78. The topological polar surface area (TPSA) is 69.6 Å². The van der Waals surface area contributed by atoms with E-state index in [0.717, 1.165) is 4.90 Å². The van der Waals surface area contributed by atoms with Gasteiger partial charge in [0.1, 0.15) is 0 Å². The van der Waals surface area contributed by atoms with Gasteiger partial charge in [0.15, 0.2) is 5.92 Å². The summed E-state index contributed by atoms with van der Waals surface area (Å²) in [4.78, 5) is 23.2. The van der Waals surface area contributed by atoms with Gasteiger partial charge < -0.3 is 10.4 Å². The Balaban J connectivity index is 4.61. The predicted molar refractivity (Wildman–Crippen MR) is 62.6 cm³/mol. The van der Waals surface area contributed by atoms with E-state index < -0.39 is 30.5 Å². The van der Waals surface area contributed by atoms with Crippen molar-refractivity contribution in [2.24, 2.45) is 5.92 Å². The number of carbonyl (C=O) groups excluding carboxylic acids is 1. The van der Waals surface area contributed by atoms with E-state index in [4.69, 9.17) is 5.11 Å². The number of carbonyl (C=O) groups is 2. The van der Waals surface area contributed by atoms with Gasteiger partial charge in [-0.25, -0.2) is 0 Å². The summed E-state index contributed by atoms with van der Waals surface area (Å²) in [5.41, 5.74) is 0. The fourth-order valence-electron chi connectivity index (χ4n) is 1.46. The molecule has 2 N–H and O–H groups in total. The minimum Gasteiger partial charge on any atom is -0.481 e. The summed E-state index contributed by atoms with van der Waals surface area (Å²) in [5.74, 6) is -4.85. The summed E-state index contributed by atoms with van der Waals surface area (Å²) in [5, 5.41) is 11.1. The van der Waals surface area contributed by atoms with E-state index in [0.29, 0.717) is 0 Å². The number of aliphatic carboxylic acids is 1. The molecule has 0 saturated carbocycles. The highest BCUT2D eigenvalue weighted by Gasteiger charge is 2.45. The van der Waals surface area contributed by atoms with Gasteiger partial charge in [-0.15, -0.1) is 0 Å². The molecule has 112 valence electrons. The van der Waals surface area contributed by atoms with Crippen LogP contribution in [-0.4, -0.2) is 53.7 Å². The first-order valence-electron chi connectivity index (χ1n) is 5.89. The normalized spacial score (nSPS) is 13.7. The number of alkyl halides is 3. The number of nitrogens with one attached hydrogen (secondary N) is 1. The molecule has 5 nitrogen and oxygen atoms in total. The number of rotatable bonds is 7. The standard InChI is InChI=1S/C11H19F3N2O3/c1-4-16(6-9(17)15-7(2)3)5-8(10(18)19)11(12,13)14/h7-8H,4-6H2,1-3H3,(H,15,17)(H,18,19). The lowest BCUT2D eigenvalue weighted by atomic mass is 10.1. The molecule has 0 spiro atoms. The Morgan fingerprint density at radius 3 is 2.16 bits per heavy atom. The minimum atomic E-state index is -4.83. The molecule has 1 atom stereocenters. The number of hydrogen-bond donors (Lipinski definition) is 2. The fourth-order valence-corrected chi connectivity index (χ4v) is 1.46. The van der Waals surface area contributed by atoms with Gasteiger partial charge in [-0.3, -0.25) is 14.5 Å². The molecule has 1 amide bonds. The highest BCUT2D eigenvalue weighted by atomic mass is 19.4. The smallest absolute Gasteiger partial charge is 0.403 e. The number of carboxylic acid groups (broad SMARTS) is 1. The van der Waals surface area contributed by atoms with E-state index in [1.165, 1.54) is 0 Å². The van der Waals surface area contributed by atoms with Crippen LogP contribution in [-0.2, 0) is 9.59 Å². The Morgan fingerprint density at radius 2 is 1.84 bits per heavy atom. The van der Waals surface area contributed by atoms with Gasteiger partial charge in [0, 0.05) is 12.6 Å². The van der Waals surface area contributed by atoms with E-state index in [-0.39, 0.29) is 19.1 Å². The molecular formula is C11H19F3N2O3. The average Bonchev–Trinajstić information content (AvgIpc) is 2.20. The predicted octanol–water partition coefficient (Wildman–Crippen LogP) is 1.10. The third kappa shape index (κ3) is 7.00. The monoisotopic (exact) mass is 284 g/mol. The van der Waals surface area contributed by atoms with Crippen LogP contribution in [0.2, 0.25) is 0 Å². The van der Waals surface area contributed by atoms with Crippen LogP contribution in [0.4, 0.5) is 13.2 Å². The van der Waals surface area contributed by atoms with Gasteiger partial charge in [0.2, 0.25) is 5.91 Å². The maximum absolute atomic E-state index is 12.5. The molecule has 0 saturated heterocycles. The molecule has 0 aromatic carbocycles. The summed E-state index contributed by atoms with van der Waals surface area (Å²) >= 11 is 0. The number of halogens is 3. The lowest BCUT2D eigenvalue weighted by Crippen LogP contribution is -2.46. The molecule has 0 heterocycles. The van der Waals surface area contributed by atoms with Crippen molar-refractivity contribution >= 4 is 11.9 Å². The lowest BCUT2D eigenvalue weighted by molar-refractivity contribution is -0.196. The van der Waals surface area contributed by atoms with Crippen LogP contribution in [0.3, 0.4) is 0 Å². The van der Waals surface area contributed by atoms with Gasteiger partial charge >= 0.3 is 12.1 Å². The number of carboxylic acids is 1. The lowest BCUT2D eigenvalue weighted by Gasteiger charge is -2.25. The van der Waals surface area contributed by atoms with Crippen LogP contribution < -0.4 is 5.32 Å². The van der Waals surface area contributed by atoms with E-state index >= 15 is 0 Å². The van der Waals surface area contributed by atoms with Crippen molar-refractivity contribution in [2.45, 2.75) is 33.0 Å². The van der Waals surface area contributed by atoms with E-state index in [1.807, 2.05) is 0 Å². The van der Waals surface area contributed by atoms with Crippen LogP contribution in [0.1, 0.15) is 20.8 Å². The van der Waals surface area contributed by atoms with Crippen LogP contribution in [0, 0.1) is 5.92 Å². The first-order chi connectivity index (χ1) is 8.57. The third-order valence-corrected chi connectivity index (χ3v) is 2.40. The van der Waals surface area contributed by atoms with Crippen molar-refractivity contribution in [2.75, 3.05) is 19.6 Å². The zero-order valence-electron chi connectivity index (χ0n) is 11.1. The molecule has 0 aromatic heterocycles. The van der Waals surface area contributed by atoms with Gasteiger partial charge in [-0.2, -0.15) is 13.2 Å². The average molecular weight is 284 g/mol. The SMILES string of the molecule is CCN(CC(=O)NC(C)C)CC(C(=O)O)C(F)(F)F. The summed E-state index contributed by atoms with van der Waals surface area (Å²) in [6.07, 6.45) is -4.83. The zero-order chi connectivity index (χ0) is 15.2. The van der Waals surface area contributed by atoms with Crippen molar-refractivity contribution in [1.82, 2.24) is 10.2 Å². The maximum Gasteiger partial charge on any atom is 0.403 e. The summed E-state index contributed by atoms with van der Waals surface area (Å²) in [6.45, 7) is 4.19. The van der Waals surface area contributed by atoms with Crippen LogP contribution in [0.5, 0.6) is 0 Å². The number of nitrogens with zero attached hydrogens (tertiary/aromatic N) is 1. The number of likely N-dealkylation sites (N-methyl/N-ethyl adjacent to an activating group) is 1. The molecule has 0 aliphatic heterocycles. The molecule has 1 unspecified atom stereocenters. The molecular weight excluding hydrogens is 265 g/mol. The summed E-state index contributed by atoms with van der Waals surface area (Å²) < 4.78 is 37.5. The van der Waals surface area contributed by atoms with Crippen LogP contribution in [0.25, 0.3) is 0 Å². The third-order valence-electron chi connectivity index (χ3n) is 2.40.